The van der Waals surface area contributed by atoms with Crippen LogP contribution in [0.5, 0.6) is 5.75 Å². The predicted octanol–water partition coefficient (Wildman–Crippen LogP) is 3.56. The van der Waals surface area contributed by atoms with Crippen molar-refractivity contribution in [2.24, 2.45) is 0 Å². The summed E-state index contributed by atoms with van der Waals surface area (Å²) in [5, 5.41) is 0. The van der Waals surface area contributed by atoms with Crippen molar-refractivity contribution >= 4 is 0 Å². The van der Waals surface area contributed by atoms with Gasteiger partial charge in [-0.25, -0.2) is 13.2 Å². The van der Waals surface area contributed by atoms with Crippen LogP contribution in [0.15, 0.2) is 0 Å². The first-order valence-corrected chi connectivity index (χ1v) is 4.58. The maximum Gasteiger partial charge on any atom is 0.206 e. The van der Waals surface area contributed by atoms with E-state index < -0.39 is 40.9 Å². The van der Waals surface area contributed by atoms with Crippen molar-refractivity contribution in [3.8, 4) is 5.75 Å². The molecule has 1 rings (SSSR count). The van der Waals surface area contributed by atoms with E-state index in [1.165, 1.54) is 6.92 Å². The summed E-state index contributed by atoms with van der Waals surface area (Å²) in [5.74, 6) is -11.3. The van der Waals surface area contributed by atoms with Gasteiger partial charge in [0.05, 0.1) is 6.10 Å². The second-order valence-corrected chi connectivity index (χ2v) is 3.24. The zero-order valence-corrected chi connectivity index (χ0v) is 8.58. The third kappa shape index (κ3) is 2.10. The number of rotatable bonds is 3. The lowest BCUT2D eigenvalue weighted by Gasteiger charge is -2.14. The number of hydrogen-bond donors (Lipinski definition) is 0. The average molecular weight is 240 g/mol. The van der Waals surface area contributed by atoms with Crippen LogP contribution >= 0.6 is 0 Å². The molecule has 0 amide bonds. The summed E-state index contributed by atoms with van der Waals surface area (Å²) < 4.78 is 68.8. The molecule has 0 fully saturated rings. The fourth-order valence-electron chi connectivity index (χ4n) is 0.973. The van der Waals surface area contributed by atoms with E-state index in [0.29, 0.717) is 6.42 Å². The molecule has 0 N–H and O–H groups in total. The molecule has 0 aliphatic carbocycles. The summed E-state index contributed by atoms with van der Waals surface area (Å²) in [6.45, 7) is 3.11. The fourth-order valence-corrected chi connectivity index (χ4v) is 0.973. The van der Waals surface area contributed by atoms with Crippen molar-refractivity contribution in [2.45, 2.75) is 26.4 Å². The van der Waals surface area contributed by atoms with E-state index in [9.17, 15) is 22.0 Å². The second kappa shape index (κ2) is 4.67. The van der Waals surface area contributed by atoms with Gasteiger partial charge in [0.1, 0.15) is 0 Å². The Bertz CT molecular complexity index is 376. The van der Waals surface area contributed by atoms with Crippen molar-refractivity contribution in [3.05, 3.63) is 29.1 Å². The van der Waals surface area contributed by atoms with Crippen molar-refractivity contribution in [2.75, 3.05) is 0 Å². The molecule has 0 heterocycles. The van der Waals surface area contributed by atoms with Crippen LogP contribution in [0.2, 0.25) is 0 Å². The molecule has 0 aliphatic rings. The van der Waals surface area contributed by atoms with Crippen LogP contribution in [-0.4, -0.2) is 6.10 Å². The molecule has 0 bridgehead atoms. The normalized spacial score (nSPS) is 12.7. The Balaban J connectivity index is 3.28. The molecule has 1 aromatic carbocycles. The Kier molecular flexibility index (Phi) is 3.72. The lowest BCUT2D eigenvalue weighted by Crippen LogP contribution is -2.14. The van der Waals surface area contributed by atoms with Crippen LogP contribution in [0.1, 0.15) is 20.3 Å². The molecule has 1 nitrogen and oxygen atoms in total. The minimum Gasteiger partial charge on any atom is -0.485 e. The number of benzene rings is 1. The van der Waals surface area contributed by atoms with E-state index in [2.05, 4.69) is 4.74 Å². The minimum absolute atomic E-state index is 0.374. The summed E-state index contributed by atoms with van der Waals surface area (Å²) in [5.41, 5.74) is 0. The smallest absolute Gasteiger partial charge is 0.206 e. The topological polar surface area (TPSA) is 9.23 Å². The quantitative estimate of drug-likeness (QED) is 0.446. The predicted molar refractivity (Wildman–Crippen MR) is 46.6 cm³/mol. The Morgan fingerprint density at radius 2 is 1.25 bits per heavy atom. The molecular weight excluding hydrogens is 231 g/mol. The highest BCUT2D eigenvalue weighted by atomic mass is 19.2. The molecule has 16 heavy (non-hydrogen) atoms. The lowest BCUT2D eigenvalue weighted by atomic mass is 10.2. The van der Waals surface area contributed by atoms with Crippen LogP contribution in [0.3, 0.4) is 0 Å². The number of ether oxygens (including phenoxy) is 1. The zero-order chi connectivity index (χ0) is 12.5. The molecule has 0 spiro atoms. The fraction of sp³-hybridized carbons (Fsp3) is 0.400. The van der Waals surface area contributed by atoms with Gasteiger partial charge in [-0.1, -0.05) is 6.92 Å². The van der Waals surface area contributed by atoms with Crippen molar-refractivity contribution in [3.63, 3.8) is 0 Å². The Morgan fingerprint density at radius 3 is 1.62 bits per heavy atom. The standard InChI is InChI=1S/C10H9F5O/c1-3-4(2)16-10-8(14)6(12)5(11)7(13)9(10)15/h4H,3H2,1-2H3. The molecule has 0 aromatic heterocycles. The van der Waals surface area contributed by atoms with Gasteiger partial charge in [0.15, 0.2) is 5.75 Å². The van der Waals surface area contributed by atoms with E-state index in [1.54, 1.807) is 6.92 Å². The largest absolute Gasteiger partial charge is 0.485 e. The summed E-state index contributed by atoms with van der Waals surface area (Å²) in [6, 6.07) is 0. The van der Waals surface area contributed by atoms with E-state index in [1.807, 2.05) is 0 Å². The summed E-state index contributed by atoms with van der Waals surface area (Å²) in [4.78, 5) is 0. The van der Waals surface area contributed by atoms with E-state index >= 15 is 0 Å². The SMILES string of the molecule is CCC(C)Oc1c(F)c(F)c(F)c(F)c1F. The Morgan fingerprint density at radius 1 is 0.875 bits per heavy atom. The van der Waals surface area contributed by atoms with Gasteiger partial charge in [0.2, 0.25) is 29.1 Å². The first-order valence-electron chi connectivity index (χ1n) is 4.58. The van der Waals surface area contributed by atoms with Gasteiger partial charge >= 0.3 is 0 Å². The number of halogens is 5. The van der Waals surface area contributed by atoms with Crippen LogP contribution in [0.4, 0.5) is 22.0 Å². The van der Waals surface area contributed by atoms with Gasteiger partial charge in [0, 0.05) is 0 Å². The third-order valence-electron chi connectivity index (χ3n) is 2.06. The molecule has 0 saturated carbocycles. The Hall–Kier alpha value is -1.33. The first-order chi connectivity index (χ1) is 7.40. The highest BCUT2D eigenvalue weighted by molar-refractivity contribution is 5.29. The molecule has 1 unspecified atom stereocenters. The van der Waals surface area contributed by atoms with E-state index in [4.69, 9.17) is 0 Å². The lowest BCUT2D eigenvalue weighted by molar-refractivity contribution is 0.188. The molecule has 0 aliphatic heterocycles. The third-order valence-corrected chi connectivity index (χ3v) is 2.06. The van der Waals surface area contributed by atoms with Gasteiger partial charge in [-0.3, -0.25) is 0 Å². The molecule has 1 atom stereocenters. The summed E-state index contributed by atoms with van der Waals surface area (Å²) in [7, 11) is 0. The Labute approximate surface area is 88.8 Å². The molecule has 90 valence electrons. The number of hydrogen-bond acceptors (Lipinski definition) is 1. The van der Waals surface area contributed by atoms with E-state index in [0.717, 1.165) is 0 Å². The second-order valence-electron chi connectivity index (χ2n) is 3.24. The van der Waals surface area contributed by atoms with Gasteiger partial charge in [-0.15, -0.1) is 0 Å². The first kappa shape index (κ1) is 12.7. The van der Waals surface area contributed by atoms with Crippen LogP contribution in [0, 0.1) is 29.1 Å². The summed E-state index contributed by atoms with van der Waals surface area (Å²) in [6.07, 6.45) is -0.271. The maximum atomic E-state index is 13.1. The molecule has 1 aromatic rings. The van der Waals surface area contributed by atoms with Crippen LogP contribution < -0.4 is 4.74 Å². The molecule has 6 heteroatoms. The van der Waals surface area contributed by atoms with Gasteiger partial charge in [0.25, 0.3) is 0 Å². The maximum absolute atomic E-state index is 13.1. The zero-order valence-electron chi connectivity index (χ0n) is 8.58. The van der Waals surface area contributed by atoms with Crippen molar-refractivity contribution in [1.82, 2.24) is 0 Å². The van der Waals surface area contributed by atoms with Gasteiger partial charge < -0.3 is 4.74 Å². The van der Waals surface area contributed by atoms with E-state index in [-0.39, 0.29) is 0 Å². The average Bonchev–Trinajstić information content (AvgIpc) is 2.29. The highest BCUT2D eigenvalue weighted by Gasteiger charge is 2.27. The molecular formula is C10H9F5O. The minimum atomic E-state index is -2.19. The summed E-state index contributed by atoms with van der Waals surface area (Å²) >= 11 is 0. The highest BCUT2D eigenvalue weighted by Crippen LogP contribution is 2.29. The van der Waals surface area contributed by atoms with Crippen molar-refractivity contribution < 1.29 is 26.7 Å². The van der Waals surface area contributed by atoms with Gasteiger partial charge in [-0.2, -0.15) is 8.78 Å². The van der Waals surface area contributed by atoms with Gasteiger partial charge in [-0.05, 0) is 13.3 Å². The van der Waals surface area contributed by atoms with Crippen LogP contribution in [0.25, 0.3) is 0 Å². The van der Waals surface area contributed by atoms with Crippen molar-refractivity contribution in [1.29, 1.82) is 0 Å². The molecule has 0 radical (unpaired) electrons. The van der Waals surface area contributed by atoms with Crippen LogP contribution in [-0.2, 0) is 0 Å². The molecule has 0 saturated heterocycles. The monoisotopic (exact) mass is 240 g/mol.